The van der Waals surface area contributed by atoms with Gasteiger partial charge < -0.3 is 5.11 Å². The van der Waals surface area contributed by atoms with Gasteiger partial charge in [0.05, 0.1) is 11.9 Å². The van der Waals surface area contributed by atoms with Crippen LogP contribution in [0, 0.1) is 5.82 Å². The summed E-state index contributed by atoms with van der Waals surface area (Å²) in [7, 11) is -3.64. The van der Waals surface area contributed by atoms with Crippen molar-refractivity contribution in [2.24, 2.45) is 0 Å². The van der Waals surface area contributed by atoms with Gasteiger partial charge in [0.15, 0.2) is 0 Å². The van der Waals surface area contributed by atoms with E-state index in [0.29, 0.717) is 0 Å². The van der Waals surface area contributed by atoms with Gasteiger partial charge in [0.1, 0.15) is 11.6 Å². The SMILES string of the molecule is O=C(O)CCCS(=O)(=O)Nc1ccc(F)cn1. The van der Waals surface area contributed by atoms with E-state index in [9.17, 15) is 17.6 Å². The fraction of sp³-hybridized carbons (Fsp3) is 0.333. The minimum atomic E-state index is -3.64. The van der Waals surface area contributed by atoms with E-state index in [2.05, 4.69) is 9.71 Å². The van der Waals surface area contributed by atoms with Crippen molar-refractivity contribution in [3.63, 3.8) is 0 Å². The topological polar surface area (TPSA) is 96.4 Å². The van der Waals surface area contributed by atoms with Crippen LogP contribution >= 0.6 is 0 Å². The number of carboxylic acids is 1. The number of hydrogen-bond acceptors (Lipinski definition) is 4. The number of rotatable bonds is 6. The standard InChI is InChI=1S/C9H11FN2O4S/c10-7-3-4-8(11-6-7)12-17(15,16)5-1-2-9(13)14/h3-4,6H,1-2,5H2,(H,11,12)(H,13,14). The van der Waals surface area contributed by atoms with Crippen LogP contribution in [0.2, 0.25) is 0 Å². The summed E-state index contributed by atoms with van der Waals surface area (Å²) in [6, 6.07) is 2.26. The van der Waals surface area contributed by atoms with Crippen molar-refractivity contribution in [3.05, 3.63) is 24.1 Å². The first-order valence-electron chi connectivity index (χ1n) is 4.73. The van der Waals surface area contributed by atoms with E-state index in [0.717, 1.165) is 12.3 Å². The van der Waals surface area contributed by atoms with E-state index >= 15 is 0 Å². The largest absolute Gasteiger partial charge is 0.481 e. The number of pyridine rings is 1. The zero-order chi connectivity index (χ0) is 12.9. The second-order valence-electron chi connectivity index (χ2n) is 3.28. The van der Waals surface area contributed by atoms with Crippen molar-refractivity contribution in [3.8, 4) is 0 Å². The summed E-state index contributed by atoms with van der Waals surface area (Å²) < 4.78 is 37.5. The van der Waals surface area contributed by atoms with Crippen LogP contribution in [-0.4, -0.2) is 30.2 Å². The predicted octanol–water partition coefficient (Wildman–Crippen LogP) is 0.827. The minimum absolute atomic E-state index is 0.00160. The van der Waals surface area contributed by atoms with Crippen molar-refractivity contribution in [2.75, 3.05) is 10.5 Å². The lowest BCUT2D eigenvalue weighted by Crippen LogP contribution is -2.18. The molecular weight excluding hydrogens is 251 g/mol. The van der Waals surface area contributed by atoms with Crippen LogP contribution < -0.4 is 4.72 Å². The molecule has 0 aromatic carbocycles. The molecule has 0 atom stereocenters. The monoisotopic (exact) mass is 262 g/mol. The quantitative estimate of drug-likeness (QED) is 0.791. The summed E-state index contributed by atoms with van der Waals surface area (Å²) in [5, 5.41) is 8.36. The lowest BCUT2D eigenvalue weighted by molar-refractivity contribution is -0.137. The third-order valence-electron chi connectivity index (χ3n) is 1.79. The Morgan fingerprint density at radius 2 is 2.18 bits per heavy atom. The molecule has 0 bridgehead atoms. The molecule has 0 aliphatic rings. The summed E-state index contributed by atoms with van der Waals surface area (Å²) in [5.74, 6) is -1.95. The van der Waals surface area contributed by atoms with Gasteiger partial charge in [0.2, 0.25) is 10.0 Å². The van der Waals surface area contributed by atoms with Gasteiger partial charge in [0.25, 0.3) is 0 Å². The van der Waals surface area contributed by atoms with Crippen LogP contribution in [0.3, 0.4) is 0 Å². The number of anilines is 1. The zero-order valence-corrected chi connectivity index (χ0v) is 9.58. The lowest BCUT2D eigenvalue weighted by Gasteiger charge is -2.05. The van der Waals surface area contributed by atoms with Crippen molar-refractivity contribution < 1.29 is 22.7 Å². The Labute approximate surface area is 97.5 Å². The minimum Gasteiger partial charge on any atom is -0.481 e. The highest BCUT2D eigenvalue weighted by Crippen LogP contribution is 2.07. The second-order valence-corrected chi connectivity index (χ2v) is 5.12. The molecule has 0 aliphatic heterocycles. The van der Waals surface area contributed by atoms with Gasteiger partial charge in [-0.25, -0.2) is 17.8 Å². The highest BCUT2D eigenvalue weighted by Gasteiger charge is 2.11. The number of nitrogens with zero attached hydrogens (tertiary/aromatic N) is 1. The normalized spacial score (nSPS) is 11.1. The first-order chi connectivity index (χ1) is 7.89. The van der Waals surface area contributed by atoms with Crippen molar-refractivity contribution >= 4 is 21.8 Å². The fourth-order valence-electron chi connectivity index (χ4n) is 1.06. The van der Waals surface area contributed by atoms with Gasteiger partial charge in [0, 0.05) is 6.42 Å². The van der Waals surface area contributed by atoms with Gasteiger partial charge in [-0.1, -0.05) is 0 Å². The molecule has 17 heavy (non-hydrogen) atoms. The first-order valence-corrected chi connectivity index (χ1v) is 6.38. The Morgan fingerprint density at radius 1 is 1.47 bits per heavy atom. The molecule has 8 heteroatoms. The lowest BCUT2D eigenvalue weighted by atomic mass is 10.3. The van der Waals surface area contributed by atoms with Crippen LogP contribution in [0.15, 0.2) is 18.3 Å². The van der Waals surface area contributed by atoms with E-state index in [4.69, 9.17) is 5.11 Å². The molecule has 1 heterocycles. The molecule has 1 rings (SSSR count). The maximum absolute atomic E-state index is 12.5. The molecule has 0 unspecified atom stereocenters. The van der Waals surface area contributed by atoms with Crippen molar-refractivity contribution in [1.29, 1.82) is 0 Å². The van der Waals surface area contributed by atoms with E-state index in [-0.39, 0.29) is 24.4 Å². The van der Waals surface area contributed by atoms with Gasteiger partial charge in [-0.05, 0) is 18.6 Å². The number of sulfonamides is 1. The van der Waals surface area contributed by atoms with Crippen LogP contribution in [0.1, 0.15) is 12.8 Å². The number of carboxylic acid groups (broad SMARTS) is 1. The number of aromatic nitrogens is 1. The number of hydrogen-bond donors (Lipinski definition) is 2. The van der Waals surface area contributed by atoms with Crippen molar-refractivity contribution in [1.82, 2.24) is 4.98 Å². The molecular formula is C9H11FN2O4S. The smallest absolute Gasteiger partial charge is 0.303 e. The summed E-state index contributed by atoms with van der Waals surface area (Å²) in [6.07, 6.45) is 0.665. The third kappa shape index (κ3) is 5.25. The van der Waals surface area contributed by atoms with E-state index in [1.165, 1.54) is 6.07 Å². The first kappa shape index (κ1) is 13.4. The molecule has 2 N–H and O–H groups in total. The molecule has 94 valence electrons. The molecule has 0 saturated carbocycles. The second kappa shape index (κ2) is 5.58. The highest BCUT2D eigenvalue weighted by molar-refractivity contribution is 7.92. The molecule has 0 spiro atoms. The average Bonchev–Trinajstić information content (AvgIpc) is 2.20. The third-order valence-corrected chi connectivity index (χ3v) is 3.14. The predicted molar refractivity (Wildman–Crippen MR) is 58.5 cm³/mol. The maximum atomic E-state index is 12.5. The molecule has 0 aliphatic carbocycles. The van der Waals surface area contributed by atoms with Crippen LogP contribution in [0.5, 0.6) is 0 Å². The average molecular weight is 262 g/mol. The summed E-state index contributed by atoms with van der Waals surface area (Å²) >= 11 is 0. The molecule has 6 nitrogen and oxygen atoms in total. The van der Waals surface area contributed by atoms with Gasteiger partial charge >= 0.3 is 5.97 Å². The molecule has 0 amide bonds. The van der Waals surface area contributed by atoms with Gasteiger partial charge in [-0.3, -0.25) is 9.52 Å². The maximum Gasteiger partial charge on any atom is 0.303 e. The molecule has 0 fully saturated rings. The molecule has 1 aromatic heterocycles. The van der Waals surface area contributed by atoms with Crippen LogP contribution in [0.4, 0.5) is 10.2 Å². The fourth-order valence-corrected chi connectivity index (χ4v) is 2.13. The Morgan fingerprint density at radius 3 is 2.71 bits per heavy atom. The van der Waals surface area contributed by atoms with Gasteiger partial charge in [-0.15, -0.1) is 0 Å². The Balaban J connectivity index is 2.54. The van der Waals surface area contributed by atoms with E-state index in [1.807, 2.05) is 0 Å². The summed E-state index contributed by atoms with van der Waals surface area (Å²) in [5.41, 5.74) is 0. The van der Waals surface area contributed by atoms with E-state index < -0.39 is 21.8 Å². The Hall–Kier alpha value is -1.70. The van der Waals surface area contributed by atoms with Crippen LogP contribution in [0.25, 0.3) is 0 Å². The Bertz CT molecular complexity index is 486. The molecule has 1 aromatic rings. The van der Waals surface area contributed by atoms with E-state index in [1.54, 1.807) is 0 Å². The number of aliphatic carboxylic acids is 1. The molecule has 0 radical (unpaired) electrons. The van der Waals surface area contributed by atoms with Crippen LogP contribution in [-0.2, 0) is 14.8 Å². The number of nitrogens with one attached hydrogen (secondary N) is 1. The zero-order valence-electron chi connectivity index (χ0n) is 8.76. The number of carbonyl (C=O) groups is 1. The molecule has 0 saturated heterocycles. The highest BCUT2D eigenvalue weighted by atomic mass is 32.2. The Kier molecular flexibility index (Phi) is 4.38. The summed E-state index contributed by atoms with van der Waals surface area (Å²) in [4.78, 5) is 13.7. The number of halogens is 1. The van der Waals surface area contributed by atoms with Crippen molar-refractivity contribution in [2.45, 2.75) is 12.8 Å². The van der Waals surface area contributed by atoms with Gasteiger partial charge in [-0.2, -0.15) is 0 Å². The summed E-state index contributed by atoms with van der Waals surface area (Å²) in [6.45, 7) is 0.